The van der Waals surface area contributed by atoms with E-state index in [0.29, 0.717) is 12.4 Å². The standard InChI is InChI=1S/C12H14N6O3/c1-2-17-7-15-16-11(17)6-14-12(19)9-5-8(13)3-4-10(9)18(20)21/h3-5,7H,2,6,13H2,1H3,(H,14,19). The SMILES string of the molecule is CCn1cnnc1CNC(=O)c1cc(N)ccc1[N+](=O)[O-]. The van der Waals surface area contributed by atoms with Gasteiger partial charge in [0.1, 0.15) is 11.9 Å². The van der Waals surface area contributed by atoms with Crippen LogP contribution >= 0.6 is 0 Å². The normalized spacial score (nSPS) is 10.3. The van der Waals surface area contributed by atoms with E-state index in [4.69, 9.17) is 5.73 Å². The number of nitrogens with two attached hydrogens (primary N) is 1. The molecule has 0 bridgehead atoms. The van der Waals surface area contributed by atoms with Gasteiger partial charge in [0.05, 0.1) is 11.5 Å². The Morgan fingerprint density at radius 2 is 2.29 bits per heavy atom. The van der Waals surface area contributed by atoms with Gasteiger partial charge in [-0.25, -0.2) is 0 Å². The fourth-order valence-corrected chi connectivity index (χ4v) is 1.83. The van der Waals surface area contributed by atoms with E-state index in [-0.39, 0.29) is 23.5 Å². The van der Waals surface area contributed by atoms with Gasteiger partial charge in [0.2, 0.25) is 0 Å². The van der Waals surface area contributed by atoms with Crippen molar-refractivity contribution in [1.82, 2.24) is 20.1 Å². The predicted molar refractivity (Wildman–Crippen MR) is 74.4 cm³/mol. The first kappa shape index (κ1) is 14.4. The number of rotatable bonds is 5. The molecular weight excluding hydrogens is 276 g/mol. The van der Waals surface area contributed by atoms with Crippen LogP contribution in [0.4, 0.5) is 11.4 Å². The molecule has 1 aromatic heterocycles. The third kappa shape index (κ3) is 3.14. The van der Waals surface area contributed by atoms with Crippen molar-refractivity contribution >= 4 is 17.3 Å². The summed E-state index contributed by atoms with van der Waals surface area (Å²) in [6, 6.07) is 3.86. The molecule has 0 aliphatic rings. The number of carbonyl (C=O) groups is 1. The minimum absolute atomic E-state index is 0.0810. The molecule has 0 radical (unpaired) electrons. The van der Waals surface area contributed by atoms with E-state index in [2.05, 4.69) is 15.5 Å². The second kappa shape index (κ2) is 5.99. The van der Waals surface area contributed by atoms with E-state index < -0.39 is 10.8 Å². The molecule has 0 saturated heterocycles. The Kier molecular flexibility index (Phi) is 4.12. The number of nitrogens with one attached hydrogen (secondary N) is 1. The summed E-state index contributed by atoms with van der Waals surface area (Å²) < 4.78 is 1.76. The quantitative estimate of drug-likeness (QED) is 0.474. The Hall–Kier alpha value is -2.97. The van der Waals surface area contributed by atoms with Crippen molar-refractivity contribution < 1.29 is 9.72 Å². The average molecular weight is 290 g/mol. The highest BCUT2D eigenvalue weighted by molar-refractivity contribution is 5.98. The van der Waals surface area contributed by atoms with Gasteiger partial charge in [-0.1, -0.05) is 0 Å². The number of aromatic nitrogens is 3. The number of aryl methyl sites for hydroxylation is 1. The topological polar surface area (TPSA) is 129 Å². The number of nitrogen functional groups attached to an aromatic ring is 1. The highest BCUT2D eigenvalue weighted by Crippen LogP contribution is 2.21. The number of nitrogens with zero attached hydrogens (tertiary/aromatic N) is 4. The van der Waals surface area contributed by atoms with E-state index in [0.717, 1.165) is 0 Å². The van der Waals surface area contributed by atoms with Crippen molar-refractivity contribution in [3.05, 3.63) is 46.0 Å². The first-order valence-corrected chi connectivity index (χ1v) is 6.21. The zero-order valence-corrected chi connectivity index (χ0v) is 11.3. The van der Waals surface area contributed by atoms with Gasteiger partial charge in [-0.2, -0.15) is 0 Å². The predicted octanol–water partition coefficient (Wildman–Crippen LogP) is 0.718. The van der Waals surface area contributed by atoms with Gasteiger partial charge in [-0.15, -0.1) is 10.2 Å². The molecule has 1 aromatic carbocycles. The average Bonchev–Trinajstić information content (AvgIpc) is 2.91. The minimum Gasteiger partial charge on any atom is -0.399 e. The first-order valence-electron chi connectivity index (χ1n) is 6.21. The lowest BCUT2D eigenvalue weighted by Crippen LogP contribution is -2.25. The van der Waals surface area contributed by atoms with Crippen LogP contribution in [-0.4, -0.2) is 25.6 Å². The molecule has 0 unspecified atom stereocenters. The van der Waals surface area contributed by atoms with Gasteiger partial charge >= 0.3 is 0 Å². The van der Waals surface area contributed by atoms with Crippen molar-refractivity contribution in [1.29, 1.82) is 0 Å². The van der Waals surface area contributed by atoms with Gasteiger partial charge in [-0.05, 0) is 19.1 Å². The Labute approximate surface area is 119 Å². The van der Waals surface area contributed by atoms with E-state index in [1.54, 1.807) is 10.9 Å². The molecule has 9 nitrogen and oxygen atoms in total. The molecule has 0 aliphatic carbocycles. The minimum atomic E-state index is -0.622. The molecule has 0 fully saturated rings. The number of amides is 1. The number of anilines is 1. The largest absolute Gasteiger partial charge is 0.399 e. The lowest BCUT2D eigenvalue weighted by Gasteiger charge is -2.07. The number of nitro groups is 1. The number of hydrogen-bond acceptors (Lipinski definition) is 6. The Morgan fingerprint density at radius 3 is 2.95 bits per heavy atom. The Bertz CT molecular complexity index is 681. The zero-order chi connectivity index (χ0) is 15.4. The van der Waals surface area contributed by atoms with Gasteiger partial charge in [0, 0.05) is 18.3 Å². The molecule has 1 amide bonds. The third-order valence-electron chi connectivity index (χ3n) is 2.91. The van der Waals surface area contributed by atoms with Crippen molar-refractivity contribution in [3.8, 4) is 0 Å². The number of carbonyl (C=O) groups excluding carboxylic acids is 1. The molecule has 0 spiro atoms. The van der Waals surface area contributed by atoms with Crippen LogP contribution in [0.15, 0.2) is 24.5 Å². The summed E-state index contributed by atoms with van der Waals surface area (Å²) in [4.78, 5) is 22.4. The molecule has 0 atom stereocenters. The van der Waals surface area contributed by atoms with E-state index in [1.807, 2.05) is 6.92 Å². The highest BCUT2D eigenvalue weighted by Gasteiger charge is 2.20. The number of nitro benzene ring substituents is 1. The summed E-state index contributed by atoms with van der Waals surface area (Å²) in [5.41, 5.74) is 5.48. The van der Waals surface area contributed by atoms with Crippen LogP contribution in [0.3, 0.4) is 0 Å². The zero-order valence-electron chi connectivity index (χ0n) is 11.3. The van der Waals surface area contributed by atoms with Crippen LogP contribution in [0, 0.1) is 10.1 Å². The summed E-state index contributed by atoms with van der Waals surface area (Å²) in [6.45, 7) is 2.70. The molecule has 0 saturated carbocycles. The lowest BCUT2D eigenvalue weighted by molar-refractivity contribution is -0.385. The number of hydrogen-bond donors (Lipinski definition) is 2. The van der Waals surface area contributed by atoms with Crippen LogP contribution < -0.4 is 11.1 Å². The summed E-state index contributed by atoms with van der Waals surface area (Å²) in [7, 11) is 0. The maximum Gasteiger partial charge on any atom is 0.282 e. The lowest BCUT2D eigenvalue weighted by atomic mass is 10.1. The van der Waals surface area contributed by atoms with E-state index in [9.17, 15) is 14.9 Å². The summed E-state index contributed by atoms with van der Waals surface area (Å²) in [5.74, 6) is -0.0166. The van der Waals surface area contributed by atoms with Gasteiger partial charge < -0.3 is 15.6 Å². The summed E-state index contributed by atoms with van der Waals surface area (Å²) in [5, 5.41) is 21.1. The maximum absolute atomic E-state index is 12.1. The van der Waals surface area contributed by atoms with Crippen LogP contribution in [0.5, 0.6) is 0 Å². The molecule has 0 aliphatic heterocycles. The number of benzene rings is 1. The Balaban J connectivity index is 2.17. The van der Waals surface area contributed by atoms with Crippen molar-refractivity contribution in [2.45, 2.75) is 20.0 Å². The second-order valence-corrected chi connectivity index (χ2v) is 4.25. The Morgan fingerprint density at radius 1 is 1.52 bits per heavy atom. The van der Waals surface area contributed by atoms with E-state index in [1.165, 1.54) is 18.2 Å². The molecule has 2 aromatic rings. The molecule has 21 heavy (non-hydrogen) atoms. The molecule has 9 heteroatoms. The molecule has 110 valence electrons. The second-order valence-electron chi connectivity index (χ2n) is 4.25. The monoisotopic (exact) mass is 290 g/mol. The smallest absolute Gasteiger partial charge is 0.282 e. The van der Waals surface area contributed by atoms with Gasteiger partial charge in [0.25, 0.3) is 11.6 Å². The van der Waals surface area contributed by atoms with Crippen LogP contribution in [0.1, 0.15) is 23.1 Å². The van der Waals surface area contributed by atoms with Crippen LogP contribution in [0.25, 0.3) is 0 Å². The van der Waals surface area contributed by atoms with Gasteiger partial charge in [0.15, 0.2) is 5.82 Å². The third-order valence-corrected chi connectivity index (χ3v) is 2.91. The highest BCUT2D eigenvalue weighted by atomic mass is 16.6. The fourth-order valence-electron chi connectivity index (χ4n) is 1.83. The molecule has 3 N–H and O–H groups in total. The molecule has 2 rings (SSSR count). The maximum atomic E-state index is 12.1. The molecule has 1 heterocycles. The van der Waals surface area contributed by atoms with Gasteiger partial charge in [-0.3, -0.25) is 14.9 Å². The summed E-state index contributed by atoms with van der Waals surface area (Å²) in [6.07, 6.45) is 1.55. The molecular formula is C12H14N6O3. The first-order chi connectivity index (χ1) is 10.0. The van der Waals surface area contributed by atoms with Crippen LogP contribution in [0.2, 0.25) is 0 Å². The van der Waals surface area contributed by atoms with Crippen molar-refractivity contribution in [2.75, 3.05) is 5.73 Å². The van der Waals surface area contributed by atoms with E-state index >= 15 is 0 Å². The van der Waals surface area contributed by atoms with Crippen LogP contribution in [-0.2, 0) is 13.1 Å². The summed E-state index contributed by atoms with van der Waals surface area (Å²) >= 11 is 0. The fraction of sp³-hybridized carbons (Fsp3) is 0.250. The van der Waals surface area contributed by atoms with Crippen molar-refractivity contribution in [2.24, 2.45) is 0 Å². The van der Waals surface area contributed by atoms with Crippen molar-refractivity contribution in [3.63, 3.8) is 0 Å².